The number of anilines is 1. The Morgan fingerprint density at radius 3 is 2.38 bits per heavy atom. The Morgan fingerprint density at radius 1 is 1.29 bits per heavy atom. The van der Waals surface area contributed by atoms with Crippen LogP contribution in [0.15, 0.2) is 18.2 Å². The molecule has 0 unspecified atom stereocenters. The number of benzene rings is 1. The first-order valence-corrected chi connectivity index (χ1v) is 7.23. The summed E-state index contributed by atoms with van der Waals surface area (Å²) in [7, 11) is 0. The molecule has 0 saturated heterocycles. The molecule has 1 saturated carbocycles. The number of amides is 1. The fourth-order valence-electron chi connectivity index (χ4n) is 3.08. The van der Waals surface area contributed by atoms with Gasteiger partial charge in [0.2, 0.25) is 5.91 Å². The number of carbonyl (C=O) groups excluding carboxylic acids is 1. The summed E-state index contributed by atoms with van der Waals surface area (Å²) < 4.78 is 0. The van der Waals surface area contributed by atoms with Crippen molar-refractivity contribution in [1.82, 2.24) is 0 Å². The van der Waals surface area contributed by atoms with E-state index < -0.39 is 0 Å². The van der Waals surface area contributed by atoms with Crippen molar-refractivity contribution in [3.8, 4) is 11.8 Å². The van der Waals surface area contributed by atoms with Gasteiger partial charge in [0.1, 0.15) is 6.61 Å². The molecule has 1 amide bonds. The van der Waals surface area contributed by atoms with Crippen LogP contribution in [0.1, 0.15) is 38.8 Å². The van der Waals surface area contributed by atoms with E-state index in [4.69, 9.17) is 5.11 Å². The molecule has 2 N–H and O–H groups in total. The third-order valence-electron chi connectivity index (χ3n) is 5.08. The van der Waals surface area contributed by atoms with E-state index in [1.165, 1.54) is 0 Å². The molecule has 0 atom stereocenters. The van der Waals surface area contributed by atoms with E-state index in [9.17, 15) is 4.79 Å². The molecule has 1 aromatic carbocycles. The zero-order chi connectivity index (χ0) is 15.8. The fraction of sp³-hybridized carbons (Fsp3) is 0.500. The summed E-state index contributed by atoms with van der Waals surface area (Å²) in [5.41, 5.74) is 2.74. The number of carbonyl (C=O) groups is 1. The maximum Gasteiger partial charge on any atom is 0.228 e. The summed E-state index contributed by atoms with van der Waals surface area (Å²) in [5.74, 6) is 5.65. The number of hydrogen-bond acceptors (Lipinski definition) is 2. The smallest absolute Gasteiger partial charge is 0.228 e. The van der Waals surface area contributed by atoms with Gasteiger partial charge >= 0.3 is 0 Å². The first kappa shape index (κ1) is 15.6. The summed E-state index contributed by atoms with van der Waals surface area (Å²) in [6, 6.07) is 5.65. The van der Waals surface area contributed by atoms with Crippen molar-refractivity contribution in [2.24, 2.45) is 16.7 Å². The fourth-order valence-corrected chi connectivity index (χ4v) is 3.08. The van der Waals surface area contributed by atoms with Gasteiger partial charge in [0.05, 0.1) is 0 Å². The lowest BCUT2D eigenvalue weighted by Crippen LogP contribution is -2.17. The highest BCUT2D eigenvalue weighted by molar-refractivity contribution is 5.96. The van der Waals surface area contributed by atoms with Crippen LogP contribution in [0.25, 0.3) is 0 Å². The highest BCUT2D eigenvalue weighted by atomic mass is 16.2. The Kier molecular flexibility index (Phi) is 3.86. The molecule has 112 valence electrons. The number of rotatable bonds is 2. The lowest BCUT2D eigenvalue weighted by Gasteiger charge is -2.08. The normalized spacial score (nSPS) is 18.6. The quantitative estimate of drug-likeness (QED) is 0.821. The molecular formula is C18H23NO2. The van der Waals surface area contributed by atoms with E-state index in [1.807, 2.05) is 25.1 Å². The second-order valence-corrected chi connectivity index (χ2v) is 6.86. The maximum atomic E-state index is 12.4. The van der Waals surface area contributed by atoms with Gasteiger partial charge < -0.3 is 10.4 Å². The van der Waals surface area contributed by atoms with Crippen molar-refractivity contribution in [2.45, 2.75) is 34.6 Å². The third kappa shape index (κ3) is 2.69. The molecule has 1 fully saturated rings. The van der Waals surface area contributed by atoms with Gasteiger partial charge in [0.25, 0.3) is 0 Å². The molecule has 0 aromatic heterocycles. The van der Waals surface area contributed by atoms with E-state index in [2.05, 4.69) is 44.9 Å². The van der Waals surface area contributed by atoms with Gasteiger partial charge in [-0.25, -0.2) is 0 Å². The standard InChI is InChI=1S/C18H23NO2/c1-12-11-14(9-8-13(12)7-6-10-20)19-16(21)15-17(2,3)18(15,4)5/h8-9,11,15,20H,10H2,1-5H3,(H,19,21). The molecule has 0 bridgehead atoms. The predicted octanol–water partition coefficient (Wildman–Crippen LogP) is 2.96. The summed E-state index contributed by atoms with van der Waals surface area (Å²) in [6.45, 7) is 10.3. The Bertz CT molecular complexity index is 618. The molecular weight excluding hydrogens is 262 g/mol. The number of aliphatic hydroxyl groups excluding tert-OH is 1. The van der Waals surface area contributed by atoms with Crippen molar-refractivity contribution in [1.29, 1.82) is 0 Å². The van der Waals surface area contributed by atoms with Crippen LogP contribution >= 0.6 is 0 Å². The largest absolute Gasteiger partial charge is 0.384 e. The molecule has 0 radical (unpaired) electrons. The number of nitrogens with one attached hydrogen (secondary N) is 1. The van der Waals surface area contributed by atoms with Crippen LogP contribution in [0.2, 0.25) is 0 Å². The van der Waals surface area contributed by atoms with Gasteiger partial charge in [0.15, 0.2) is 0 Å². The SMILES string of the molecule is Cc1cc(NC(=O)C2C(C)(C)C2(C)C)ccc1C#CCO. The van der Waals surface area contributed by atoms with Crippen LogP contribution < -0.4 is 5.32 Å². The molecule has 1 aliphatic carbocycles. The van der Waals surface area contributed by atoms with Crippen LogP contribution in [0.4, 0.5) is 5.69 Å². The zero-order valence-corrected chi connectivity index (χ0v) is 13.4. The van der Waals surface area contributed by atoms with E-state index in [-0.39, 0.29) is 29.3 Å². The monoisotopic (exact) mass is 285 g/mol. The van der Waals surface area contributed by atoms with E-state index in [1.54, 1.807) is 0 Å². The molecule has 0 heterocycles. The molecule has 21 heavy (non-hydrogen) atoms. The molecule has 1 aromatic rings. The zero-order valence-electron chi connectivity index (χ0n) is 13.4. The third-order valence-corrected chi connectivity index (χ3v) is 5.08. The van der Waals surface area contributed by atoms with Crippen LogP contribution in [0.3, 0.4) is 0 Å². The minimum Gasteiger partial charge on any atom is -0.384 e. The van der Waals surface area contributed by atoms with Crippen LogP contribution in [0.5, 0.6) is 0 Å². The molecule has 0 aliphatic heterocycles. The van der Waals surface area contributed by atoms with Crippen molar-refractivity contribution in [3.63, 3.8) is 0 Å². The summed E-state index contributed by atoms with van der Waals surface area (Å²) in [4.78, 5) is 12.4. The van der Waals surface area contributed by atoms with Gasteiger partial charge in [-0.05, 0) is 41.5 Å². The number of hydrogen-bond donors (Lipinski definition) is 2. The van der Waals surface area contributed by atoms with Crippen LogP contribution in [0, 0.1) is 35.5 Å². The summed E-state index contributed by atoms with van der Waals surface area (Å²) in [6.07, 6.45) is 0. The first-order chi connectivity index (χ1) is 9.71. The van der Waals surface area contributed by atoms with Crippen LogP contribution in [-0.4, -0.2) is 17.6 Å². The van der Waals surface area contributed by atoms with E-state index in [0.717, 1.165) is 16.8 Å². The van der Waals surface area contributed by atoms with Crippen LogP contribution in [-0.2, 0) is 4.79 Å². The van der Waals surface area contributed by atoms with Crippen molar-refractivity contribution in [3.05, 3.63) is 29.3 Å². The van der Waals surface area contributed by atoms with E-state index >= 15 is 0 Å². The van der Waals surface area contributed by atoms with Gasteiger partial charge in [-0.1, -0.05) is 39.5 Å². The number of aliphatic hydroxyl groups is 1. The molecule has 1 aliphatic rings. The molecule has 3 nitrogen and oxygen atoms in total. The second-order valence-electron chi connectivity index (χ2n) is 6.86. The average molecular weight is 285 g/mol. The maximum absolute atomic E-state index is 12.4. The Hall–Kier alpha value is -1.79. The molecule has 0 spiro atoms. The minimum absolute atomic E-state index is 0.0403. The number of aryl methyl sites for hydroxylation is 1. The predicted molar refractivity (Wildman–Crippen MR) is 84.8 cm³/mol. The van der Waals surface area contributed by atoms with Crippen molar-refractivity contribution >= 4 is 11.6 Å². The Labute approximate surface area is 126 Å². The van der Waals surface area contributed by atoms with Crippen molar-refractivity contribution in [2.75, 3.05) is 11.9 Å². The Morgan fingerprint density at radius 2 is 1.90 bits per heavy atom. The molecule has 3 heteroatoms. The topological polar surface area (TPSA) is 49.3 Å². The molecule has 2 rings (SSSR count). The summed E-state index contributed by atoms with van der Waals surface area (Å²) >= 11 is 0. The highest BCUT2D eigenvalue weighted by Gasteiger charge is 2.68. The van der Waals surface area contributed by atoms with E-state index in [0.29, 0.717) is 0 Å². The lowest BCUT2D eigenvalue weighted by molar-refractivity contribution is -0.118. The lowest BCUT2D eigenvalue weighted by atomic mass is 10.0. The Balaban J connectivity index is 2.12. The first-order valence-electron chi connectivity index (χ1n) is 7.23. The minimum atomic E-state index is -0.149. The van der Waals surface area contributed by atoms with Gasteiger partial charge in [-0.15, -0.1) is 0 Å². The second kappa shape index (κ2) is 5.20. The van der Waals surface area contributed by atoms with Gasteiger partial charge in [-0.2, -0.15) is 0 Å². The van der Waals surface area contributed by atoms with Gasteiger partial charge in [0, 0.05) is 17.2 Å². The van der Waals surface area contributed by atoms with Gasteiger partial charge in [-0.3, -0.25) is 4.79 Å². The highest BCUT2D eigenvalue weighted by Crippen LogP contribution is 2.68. The average Bonchev–Trinajstić information content (AvgIpc) is 2.78. The van der Waals surface area contributed by atoms with Crippen molar-refractivity contribution < 1.29 is 9.90 Å². The summed E-state index contributed by atoms with van der Waals surface area (Å²) in [5, 5.41) is 11.7.